The largest absolute Gasteiger partial charge is 0.493 e. The molecule has 0 bridgehead atoms. The molecule has 0 unspecified atom stereocenters. The molecule has 1 aromatic carbocycles. The summed E-state index contributed by atoms with van der Waals surface area (Å²) in [4.78, 5) is 0. The predicted octanol–water partition coefficient (Wildman–Crippen LogP) is 4.38. The van der Waals surface area contributed by atoms with Crippen LogP contribution in [-0.4, -0.2) is 12.8 Å². The molecular weight excluding hydrogens is 279 g/mol. The van der Waals surface area contributed by atoms with Gasteiger partial charge < -0.3 is 10.5 Å². The van der Waals surface area contributed by atoms with Crippen molar-refractivity contribution in [3.63, 3.8) is 0 Å². The first-order chi connectivity index (χ1) is 9.87. The lowest BCUT2D eigenvalue weighted by molar-refractivity contribution is -0.184. The second kappa shape index (κ2) is 6.26. The Morgan fingerprint density at radius 1 is 1.24 bits per heavy atom. The van der Waals surface area contributed by atoms with Crippen molar-refractivity contribution in [1.82, 2.24) is 0 Å². The zero-order chi connectivity index (χ0) is 15.5. The number of ether oxygens (including phenoxy) is 1. The quantitative estimate of drug-likeness (QED) is 0.895. The molecule has 0 atom stereocenters. The van der Waals surface area contributed by atoms with Crippen molar-refractivity contribution in [3.8, 4) is 5.75 Å². The van der Waals surface area contributed by atoms with Crippen molar-refractivity contribution in [3.05, 3.63) is 29.8 Å². The fraction of sp³-hybridized carbons (Fsp3) is 0.625. The molecular formula is C16H22F3NO. The topological polar surface area (TPSA) is 35.2 Å². The molecule has 1 aliphatic carbocycles. The Hall–Kier alpha value is -1.23. The van der Waals surface area contributed by atoms with E-state index in [0.29, 0.717) is 25.2 Å². The first kappa shape index (κ1) is 16.1. The van der Waals surface area contributed by atoms with E-state index < -0.39 is 17.6 Å². The van der Waals surface area contributed by atoms with Crippen molar-refractivity contribution in [1.29, 1.82) is 0 Å². The van der Waals surface area contributed by atoms with Gasteiger partial charge in [-0.25, -0.2) is 0 Å². The Kier molecular flexibility index (Phi) is 4.81. The van der Waals surface area contributed by atoms with E-state index in [0.717, 1.165) is 12.0 Å². The average molecular weight is 301 g/mol. The number of alkyl halides is 3. The normalized spacial score (nSPS) is 26.6. The minimum Gasteiger partial charge on any atom is -0.493 e. The number of benzene rings is 1. The molecule has 0 amide bonds. The smallest absolute Gasteiger partial charge is 0.391 e. The van der Waals surface area contributed by atoms with Gasteiger partial charge in [0.05, 0.1) is 12.5 Å². The SMILES string of the molecule is CCCOc1ccccc1C1(N)CCC(C(F)(F)F)CC1. The Bertz CT molecular complexity index is 465. The van der Waals surface area contributed by atoms with Crippen LogP contribution in [0.3, 0.4) is 0 Å². The van der Waals surface area contributed by atoms with E-state index in [1.807, 2.05) is 31.2 Å². The Morgan fingerprint density at radius 3 is 2.43 bits per heavy atom. The Balaban J connectivity index is 2.15. The van der Waals surface area contributed by atoms with Crippen LogP contribution in [0.1, 0.15) is 44.6 Å². The first-order valence-electron chi connectivity index (χ1n) is 7.45. The van der Waals surface area contributed by atoms with Gasteiger partial charge in [-0.15, -0.1) is 0 Å². The standard InChI is InChI=1S/C16H22F3NO/c1-2-11-21-14-6-4-3-5-13(14)15(20)9-7-12(8-10-15)16(17,18)19/h3-6,12H,2,7-11,20H2,1H3. The third-order valence-corrected chi connectivity index (χ3v) is 4.23. The number of nitrogens with two attached hydrogens (primary N) is 1. The lowest BCUT2D eigenvalue weighted by atomic mass is 9.73. The summed E-state index contributed by atoms with van der Waals surface area (Å²) in [6, 6.07) is 7.44. The van der Waals surface area contributed by atoms with Gasteiger partial charge in [0.15, 0.2) is 0 Å². The van der Waals surface area contributed by atoms with Crippen molar-refractivity contribution >= 4 is 0 Å². The van der Waals surface area contributed by atoms with Crippen molar-refractivity contribution in [2.75, 3.05) is 6.61 Å². The fourth-order valence-corrected chi connectivity index (χ4v) is 2.95. The molecule has 1 aliphatic rings. The molecule has 0 spiro atoms. The molecule has 0 aromatic heterocycles. The first-order valence-corrected chi connectivity index (χ1v) is 7.45. The molecule has 0 heterocycles. The number of hydrogen-bond acceptors (Lipinski definition) is 2. The van der Waals surface area contributed by atoms with Gasteiger partial charge in [0.2, 0.25) is 0 Å². The van der Waals surface area contributed by atoms with Crippen LogP contribution in [0.15, 0.2) is 24.3 Å². The number of halogens is 3. The van der Waals surface area contributed by atoms with E-state index in [-0.39, 0.29) is 12.8 Å². The fourth-order valence-electron chi connectivity index (χ4n) is 2.95. The summed E-state index contributed by atoms with van der Waals surface area (Å²) in [6.45, 7) is 2.59. The van der Waals surface area contributed by atoms with Gasteiger partial charge in [0, 0.05) is 11.1 Å². The van der Waals surface area contributed by atoms with Crippen LogP contribution in [-0.2, 0) is 5.54 Å². The van der Waals surface area contributed by atoms with Gasteiger partial charge in [-0.1, -0.05) is 25.1 Å². The van der Waals surface area contributed by atoms with Crippen molar-refractivity contribution in [2.24, 2.45) is 11.7 Å². The van der Waals surface area contributed by atoms with E-state index in [9.17, 15) is 13.2 Å². The summed E-state index contributed by atoms with van der Waals surface area (Å²) in [6.07, 6.45) is -2.39. The molecule has 2 rings (SSSR count). The summed E-state index contributed by atoms with van der Waals surface area (Å²) in [5, 5.41) is 0. The van der Waals surface area contributed by atoms with E-state index in [1.165, 1.54) is 0 Å². The Morgan fingerprint density at radius 2 is 1.86 bits per heavy atom. The molecule has 0 aliphatic heterocycles. The van der Waals surface area contributed by atoms with Crippen LogP contribution in [0, 0.1) is 5.92 Å². The van der Waals surface area contributed by atoms with Crippen LogP contribution in [0.25, 0.3) is 0 Å². The summed E-state index contributed by atoms with van der Waals surface area (Å²) >= 11 is 0. The molecule has 5 heteroatoms. The van der Waals surface area contributed by atoms with Gasteiger partial charge in [-0.3, -0.25) is 0 Å². The highest BCUT2D eigenvalue weighted by Crippen LogP contribution is 2.45. The zero-order valence-corrected chi connectivity index (χ0v) is 12.2. The van der Waals surface area contributed by atoms with Gasteiger partial charge in [-0.05, 0) is 38.2 Å². The average Bonchev–Trinajstić information content (AvgIpc) is 2.45. The van der Waals surface area contributed by atoms with Crippen LogP contribution in [0.2, 0.25) is 0 Å². The zero-order valence-electron chi connectivity index (χ0n) is 12.2. The van der Waals surface area contributed by atoms with Crippen LogP contribution in [0.4, 0.5) is 13.2 Å². The number of para-hydroxylation sites is 1. The van der Waals surface area contributed by atoms with E-state index in [2.05, 4.69) is 0 Å². The maximum atomic E-state index is 12.8. The monoisotopic (exact) mass is 301 g/mol. The maximum Gasteiger partial charge on any atom is 0.391 e. The minimum atomic E-state index is -4.11. The second-order valence-electron chi connectivity index (χ2n) is 5.82. The third kappa shape index (κ3) is 3.70. The third-order valence-electron chi connectivity index (χ3n) is 4.23. The number of rotatable bonds is 4. The summed E-state index contributed by atoms with van der Waals surface area (Å²) < 4.78 is 44.0. The predicted molar refractivity (Wildman–Crippen MR) is 76.1 cm³/mol. The summed E-state index contributed by atoms with van der Waals surface area (Å²) in [7, 11) is 0. The Labute approximate surface area is 123 Å². The minimum absolute atomic E-state index is 0.0854. The molecule has 118 valence electrons. The maximum absolute atomic E-state index is 12.8. The molecule has 2 nitrogen and oxygen atoms in total. The van der Waals surface area contributed by atoms with E-state index in [1.54, 1.807) is 0 Å². The molecule has 1 aromatic rings. The molecule has 1 saturated carbocycles. The lowest BCUT2D eigenvalue weighted by Crippen LogP contribution is -2.43. The molecule has 0 saturated heterocycles. The van der Waals surface area contributed by atoms with Crippen LogP contribution in [0.5, 0.6) is 5.75 Å². The molecule has 21 heavy (non-hydrogen) atoms. The highest BCUT2D eigenvalue weighted by molar-refractivity contribution is 5.39. The highest BCUT2D eigenvalue weighted by Gasteiger charge is 2.45. The van der Waals surface area contributed by atoms with E-state index >= 15 is 0 Å². The lowest BCUT2D eigenvalue weighted by Gasteiger charge is -2.38. The van der Waals surface area contributed by atoms with Gasteiger partial charge in [0.1, 0.15) is 5.75 Å². The molecule has 2 N–H and O–H groups in total. The van der Waals surface area contributed by atoms with Crippen molar-refractivity contribution in [2.45, 2.75) is 50.7 Å². The molecule has 0 radical (unpaired) electrons. The number of hydrogen-bond donors (Lipinski definition) is 1. The molecule has 1 fully saturated rings. The highest BCUT2D eigenvalue weighted by atomic mass is 19.4. The van der Waals surface area contributed by atoms with Gasteiger partial charge in [0.25, 0.3) is 0 Å². The second-order valence-corrected chi connectivity index (χ2v) is 5.82. The van der Waals surface area contributed by atoms with Crippen LogP contribution >= 0.6 is 0 Å². The van der Waals surface area contributed by atoms with Crippen molar-refractivity contribution < 1.29 is 17.9 Å². The van der Waals surface area contributed by atoms with Crippen LogP contribution < -0.4 is 10.5 Å². The van der Waals surface area contributed by atoms with Gasteiger partial charge in [-0.2, -0.15) is 13.2 Å². The van der Waals surface area contributed by atoms with E-state index in [4.69, 9.17) is 10.5 Å². The van der Waals surface area contributed by atoms with Gasteiger partial charge >= 0.3 is 6.18 Å². The summed E-state index contributed by atoms with van der Waals surface area (Å²) in [5.74, 6) is -0.523. The summed E-state index contributed by atoms with van der Waals surface area (Å²) in [5.41, 5.74) is 6.53.